The summed E-state index contributed by atoms with van der Waals surface area (Å²) in [6, 6.07) is 4.64. The van der Waals surface area contributed by atoms with Crippen molar-refractivity contribution in [1.29, 1.82) is 0 Å². The zero-order valence-corrected chi connectivity index (χ0v) is 20.9. The highest BCUT2D eigenvalue weighted by atomic mass is 16.5. The Morgan fingerprint density at radius 2 is 2.00 bits per heavy atom. The molecule has 10 nitrogen and oxygen atoms in total. The molecule has 1 N–H and O–H groups in total. The Balaban J connectivity index is 1.98. The summed E-state index contributed by atoms with van der Waals surface area (Å²) in [5.41, 5.74) is 1.08. The molecule has 3 atom stereocenters. The number of aromatic nitrogens is 2. The van der Waals surface area contributed by atoms with Crippen LogP contribution >= 0.6 is 0 Å². The van der Waals surface area contributed by atoms with Crippen LogP contribution in [0.25, 0.3) is 0 Å². The van der Waals surface area contributed by atoms with Crippen LogP contribution in [0.1, 0.15) is 48.0 Å². The van der Waals surface area contributed by atoms with Crippen LogP contribution in [0, 0.1) is 5.92 Å². The van der Waals surface area contributed by atoms with Gasteiger partial charge in [-0.2, -0.15) is 0 Å². The zero-order chi connectivity index (χ0) is 25.5. The average Bonchev–Trinajstić information content (AvgIpc) is 2.88. The van der Waals surface area contributed by atoms with Crippen LogP contribution in [0.15, 0.2) is 36.8 Å². The minimum atomic E-state index is -0.330. The summed E-state index contributed by atoms with van der Waals surface area (Å²) >= 11 is 0. The number of ether oxygens (including phenoxy) is 2. The van der Waals surface area contributed by atoms with Crippen LogP contribution in [-0.4, -0.2) is 83.5 Å². The summed E-state index contributed by atoms with van der Waals surface area (Å²) in [5.74, 6) is -0.372. The van der Waals surface area contributed by atoms with Crippen molar-refractivity contribution in [1.82, 2.24) is 19.8 Å². The van der Waals surface area contributed by atoms with Crippen LogP contribution in [0.4, 0.5) is 5.69 Å². The maximum Gasteiger partial charge on any atom is 0.274 e. The number of carbonyl (C=O) groups excluding carboxylic acids is 3. The zero-order valence-electron chi connectivity index (χ0n) is 20.9. The first-order valence-corrected chi connectivity index (χ1v) is 11.7. The molecule has 0 spiro atoms. The molecule has 0 unspecified atom stereocenters. The van der Waals surface area contributed by atoms with E-state index < -0.39 is 0 Å². The van der Waals surface area contributed by atoms with Gasteiger partial charge in [-0.25, -0.2) is 4.98 Å². The molecule has 35 heavy (non-hydrogen) atoms. The van der Waals surface area contributed by atoms with E-state index >= 15 is 0 Å². The van der Waals surface area contributed by atoms with Gasteiger partial charge in [0.1, 0.15) is 18.1 Å². The minimum Gasteiger partial charge on any atom is -0.491 e. The molecule has 1 aromatic heterocycles. The van der Waals surface area contributed by atoms with E-state index in [0.29, 0.717) is 36.5 Å². The van der Waals surface area contributed by atoms with E-state index in [0.717, 1.165) is 0 Å². The Bertz CT molecular complexity index is 1050. The molecular weight excluding hydrogens is 450 g/mol. The summed E-state index contributed by atoms with van der Waals surface area (Å²) < 4.78 is 11.8. The van der Waals surface area contributed by atoms with Gasteiger partial charge in [0.05, 0.1) is 23.9 Å². The highest BCUT2D eigenvalue weighted by Gasteiger charge is 2.31. The molecule has 0 radical (unpaired) electrons. The van der Waals surface area contributed by atoms with Crippen molar-refractivity contribution in [2.24, 2.45) is 5.92 Å². The predicted molar refractivity (Wildman–Crippen MR) is 130 cm³/mol. The smallest absolute Gasteiger partial charge is 0.274 e. The van der Waals surface area contributed by atoms with Crippen molar-refractivity contribution in [3.8, 4) is 5.75 Å². The molecule has 3 amide bonds. The van der Waals surface area contributed by atoms with E-state index in [2.05, 4.69) is 15.3 Å². The Morgan fingerprint density at radius 1 is 1.23 bits per heavy atom. The summed E-state index contributed by atoms with van der Waals surface area (Å²) in [7, 11) is 3.29. The summed E-state index contributed by atoms with van der Waals surface area (Å²) in [6.07, 6.45) is 4.45. The number of amides is 3. The van der Waals surface area contributed by atoms with Crippen molar-refractivity contribution in [2.45, 2.75) is 39.3 Å². The number of rotatable bonds is 4. The lowest BCUT2D eigenvalue weighted by Gasteiger charge is -2.35. The third kappa shape index (κ3) is 6.33. The fourth-order valence-corrected chi connectivity index (χ4v) is 3.94. The first-order valence-electron chi connectivity index (χ1n) is 11.7. The van der Waals surface area contributed by atoms with E-state index in [4.69, 9.17) is 9.47 Å². The van der Waals surface area contributed by atoms with Crippen molar-refractivity contribution in [3.05, 3.63) is 48.0 Å². The van der Waals surface area contributed by atoms with Gasteiger partial charge in [-0.15, -0.1) is 0 Å². The van der Waals surface area contributed by atoms with E-state index in [1.165, 1.54) is 18.6 Å². The normalized spacial score (nSPS) is 21.3. The number of anilines is 1. The summed E-state index contributed by atoms with van der Waals surface area (Å²) in [4.78, 5) is 50.0. The number of methoxy groups -OCH3 is 1. The Hall–Kier alpha value is -3.53. The highest BCUT2D eigenvalue weighted by Crippen LogP contribution is 2.27. The molecule has 2 heterocycles. The number of hydrogen-bond donors (Lipinski definition) is 1. The number of fused-ring (bicyclic) bond motifs is 1. The number of nitrogens with zero attached hydrogens (tertiary/aromatic N) is 4. The average molecular weight is 484 g/mol. The van der Waals surface area contributed by atoms with Gasteiger partial charge in [0.2, 0.25) is 5.91 Å². The van der Waals surface area contributed by atoms with Gasteiger partial charge in [0.25, 0.3) is 11.8 Å². The monoisotopic (exact) mass is 483 g/mol. The van der Waals surface area contributed by atoms with Gasteiger partial charge in [-0.1, -0.05) is 13.8 Å². The second-order valence-electron chi connectivity index (χ2n) is 8.76. The van der Waals surface area contributed by atoms with Gasteiger partial charge < -0.3 is 24.6 Å². The van der Waals surface area contributed by atoms with Crippen molar-refractivity contribution < 1.29 is 23.9 Å². The van der Waals surface area contributed by atoms with Crippen molar-refractivity contribution in [3.63, 3.8) is 0 Å². The molecule has 0 aliphatic carbocycles. The van der Waals surface area contributed by atoms with E-state index in [9.17, 15) is 14.4 Å². The van der Waals surface area contributed by atoms with E-state index in [1.54, 1.807) is 49.1 Å². The first-order chi connectivity index (χ1) is 16.7. The maximum atomic E-state index is 13.4. The predicted octanol–water partition coefficient (Wildman–Crippen LogP) is 2.47. The van der Waals surface area contributed by atoms with E-state index in [-0.39, 0.29) is 48.1 Å². The maximum absolute atomic E-state index is 13.4. The molecule has 0 saturated carbocycles. The molecule has 1 aliphatic heterocycles. The number of carbonyl (C=O) groups is 3. The molecule has 188 valence electrons. The molecule has 3 rings (SSSR count). The lowest BCUT2D eigenvalue weighted by atomic mass is 10.0. The standard InChI is InChI=1S/C25H33N5O5/c1-6-23(31)28-18-7-8-21-19(11-18)24(32)29(4)14-22(34-5)16(2)13-30(17(3)15-35-21)25(33)20-12-26-9-10-27-20/h7-12,16-17,22H,6,13-15H2,1-5H3,(H,28,31)/t16-,17-,22-/m1/s1. The van der Waals surface area contributed by atoms with E-state index in [1.807, 2.05) is 13.8 Å². The molecule has 10 heteroatoms. The quantitative estimate of drug-likeness (QED) is 0.711. The molecule has 0 saturated heterocycles. The third-order valence-corrected chi connectivity index (χ3v) is 6.09. The second kappa shape index (κ2) is 11.7. The minimum absolute atomic E-state index is 0.0904. The SMILES string of the molecule is CCC(=O)Nc1ccc2c(c1)C(=O)N(C)C[C@@H](OC)[C@H](C)CN(C(=O)c1cnccn1)[C@H](C)CO2. The Labute approximate surface area is 205 Å². The Kier molecular flexibility index (Phi) is 8.75. The lowest BCUT2D eigenvalue weighted by Crippen LogP contribution is -2.48. The molecule has 0 fully saturated rings. The van der Waals surface area contributed by atoms with Crippen LogP contribution in [-0.2, 0) is 9.53 Å². The second-order valence-corrected chi connectivity index (χ2v) is 8.76. The largest absolute Gasteiger partial charge is 0.491 e. The van der Waals surface area contributed by atoms with Gasteiger partial charge in [0.15, 0.2) is 0 Å². The summed E-state index contributed by atoms with van der Waals surface area (Å²) in [6.45, 7) is 6.47. The molecule has 0 bridgehead atoms. The molecule has 1 aromatic carbocycles. The summed E-state index contributed by atoms with van der Waals surface area (Å²) in [5, 5.41) is 2.78. The van der Waals surface area contributed by atoms with Crippen LogP contribution in [0.5, 0.6) is 5.75 Å². The molecular formula is C25H33N5O5. The Morgan fingerprint density at radius 3 is 2.66 bits per heavy atom. The van der Waals surface area contributed by atoms with Crippen LogP contribution in [0.2, 0.25) is 0 Å². The molecule has 1 aliphatic rings. The topological polar surface area (TPSA) is 114 Å². The number of benzene rings is 1. The number of hydrogen-bond acceptors (Lipinski definition) is 7. The van der Waals surface area contributed by atoms with Gasteiger partial charge in [-0.05, 0) is 25.1 Å². The lowest BCUT2D eigenvalue weighted by molar-refractivity contribution is -0.115. The van der Waals surface area contributed by atoms with Crippen molar-refractivity contribution in [2.75, 3.05) is 39.2 Å². The van der Waals surface area contributed by atoms with Crippen molar-refractivity contribution >= 4 is 23.4 Å². The van der Waals surface area contributed by atoms with Gasteiger partial charge in [-0.3, -0.25) is 19.4 Å². The van der Waals surface area contributed by atoms with Gasteiger partial charge in [0, 0.05) is 57.7 Å². The van der Waals surface area contributed by atoms with Gasteiger partial charge >= 0.3 is 0 Å². The van der Waals surface area contributed by atoms with Crippen LogP contribution in [0.3, 0.4) is 0 Å². The number of likely N-dealkylation sites (N-methyl/N-ethyl adjacent to an activating group) is 1. The third-order valence-electron chi connectivity index (χ3n) is 6.09. The molecule has 2 aromatic rings. The number of nitrogens with one attached hydrogen (secondary N) is 1. The highest BCUT2D eigenvalue weighted by molar-refractivity contribution is 5.99. The van der Waals surface area contributed by atoms with Crippen LogP contribution < -0.4 is 10.1 Å². The first kappa shape index (κ1) is 26.1. The fraction of sp³-hybridized carbons (Fsp3) is 0.480. The fourth-order valence-electron chi connectivity index (χ4n) is 3.94.